The molecule has 7 nitrogen and oxygen atoms in total. The summed E-state index contributed by atoms with van der Waals surface area (Å²) in [5.74, 6) is -0.140. The Morgan fingerprint density at radius 1 is 1.50 bits per heavy atom. The van der Waals surface area contributed by atoms with Crippen molar-refractivity contribution in [3.63, 3.8) is 0 Å². The summed E-state index contributed by atoms with van der Waals surface area (Å²) in [5.41, 5.74) is 0.253. The third-order valence-corrected chi connectivity index (χ3v) is 1.92. The second-order valence-electron chi connectivity index (χ2n) is 3.09. The van der Waals surface area contributed by atoms with Gasteiger partial charge in [0.1, 0.15) is 12.1 Å². The highest BCUT2D eigenvalue weighted by atomic mass is 16.3. The number of aromatic hydroxyl groups is 1. The quantitative estimate of drug-likeness (QED) is 0.750. The number of hydrogen-bond acceptors (Lipinski definition) is 5. The molecule has 0 bridgehead atoms. The van der Waals surface area contributed by atoms with Gasteiger partial charge in [-0.3, -0.25) is 15.1 Å². The molecule has 0 atom stereocenters. The maximum atomic E-state index is 11.7. The van der Waals surface area contributed by atoms with E-state index in [1.807, 2.05) is 0 Å². The Morgan fingerprint density at radius 2 is 2.31 bits per heavy atom. The predicted molar refractivity (Wildman–Crippen MR) is 54.9 cm³/mol. The minimum absolute atomic E-state index is 0.0642. The number of aryl methyl sites for hydroxylation is 1. The van der Waals surface area contributed by atoms with E-state index in [4.69, 9.17) is 5.11 Å². The summed E-state index contributed by atoms with van der Waals surface area (Å²) in [6.45, 7) is 0. The maximum absolute atomic E-state index is 11.7. The van der Waals surface area contributed by atoms with Gasteiger partial charge in [-0.2, -0.15) is 10.1 Å². The van der Waals surface area contributed by atoms with Crippen molar-refractivity contribution in [3.8, 4) is 5.75 Å². The molecule has 2 aromatic rings. The first-order valence-electron chi connectivity index (χ1n) is 4.46. The second kappa shape index (κ2) is 3.97. The number of carbonyl (C=O) groups is 1. The molecule has 0 fully saturated rings. The monoisotopic (exact) mass is 219 g/mol. The van der Waals surface area contributed by atoms with Crippen LogP contribution >= 0.6 is 0 Å². The van der Waals surface area contributed by atoms with Gasteiger partial charge >= 0.3 is 0 Å². The van der Waals surface area contributed by atoms with Crippen LogP contribution in [0, 0.1) is 0 Å². The largest absolute Gasteiger partial charge is 0.506 e. The Hall–Kier alpha value is -2.44. The molecule has 7 heteroatoms. The van der Waals surface area contributed by atoms with Crippen LogP contribution in [0.25, 0.3) is 0 Å². The molecule has 82 valence electrons. The molecular weight excluding hydrogens is 210 g/mol. The fourth-order valence-electron chi connectivity index (χ4n) is 1.14. The molecule has 0 saturated carbocycles. The van der Waals surface area contributed by atoms with Crippen LogP contribution < -0.4 is 5.32 Å². The average molecular weight is 219 g/mol. The van der Waals surface area contributed by atoms with Crippen molar-refractivity contribution in [1.29, 1.82) is 0 Å². The van der Waals surface area contributed by atoms with Crippen LogP contribution in [0.1, 0.15) is 10.4 Å². The predicted octanol–water partition coefficient (Wildman–Crippen LogP) is 0.168. The van der Waals surface area contributed by atoms with E-state index in [1.54, 1.807) is 7.05 Å². The number of nitrogens with one attached hydrogen (secondary N) is 1. The van der Waals surface area contributed by atoms with Gasteiger partial charge in [0.25, 0.3) is 5.91 Å². The Labute approximate surface area is 90.8 Å². The fourth-order valence-corrected chi connectivity index (χ4v) is 1.14. The van der Waals surface area contributed by atoms with Crippen LogP contribution in [0.3, 0.4) is 0 Å². The van der Waals surface area contributed by atoms with E-state index in [2.05, 4.69) is 20.4 Å². The van der Waals surface area contributed by atoms with Gasteiger partial charge in [0.15, 0.2) is 0 Å². The van der Waals surface area contributed by atoms with Crippen LogP contribution in [-0.2, 0) is 7.05 Å². The molecule has 0 aliphatic heterocycles. The van der Waals surface area contributed by atoms with Crippen LogP contribution in [0.4, 0.5) is 5.95 Å². The Balaban J connectivity index is 2.18. The third-order valence-electron chi connectivity index (χ3n) is 1.92. The van der Waals surface area contributed by atoms with Crippen LogP contribution in [0.2, 0.25) is 0 Å². The number of amides is 1. The van der Waals surface area contributed by atoms with Crippen LogP contribution in [0.5, 0.6) is 5.75 Å². The number of carbonyl (C=O) groups excluding carboxylic acids is 1. The van der Waals surface area contributed by atoms with E-state index in [0.717, 1.165) is 0 Å². The zero-order valence-corrected chi connectivity index (χ0v) is 8.45. The van der Waals surface area contributed by atoms with Crippen molar-refractivity contribution >= 4 is 11.9 Å². The standard InChI is InChI=1S/C9H9N5O2/c1-14-9(11-5-12-14)13-8(16)6-2-7(15)4-10-3-6/h2-5,15H,1H3,(H,11,12,13,16). The van der Waals surface area contributed by atoms with Crippen LogP contribution in [-0.4, -0.2) is 30.8 Å². The number of hydrogen-bond donors (Lipinski definition) is 2. The molecule has 0 saturated heterocycles. The number of pyridine rings is 1. The topological polar surface area (TPSA) is 92.9 Å². The summed E-state index contributed by atoms with van der Waals surface area (Å²) < 4.78 is 1.42. The van der Waals surface area contributed by atoms with Gasteiger partial charge in [0.2, 0.25) is 5.95 Å². The minimum atomic E-state index is -0.403. The lowest BCUT2D eigenvalue weighted by Crippen LogP contribution is -2.15. The minimum Gasteiger partial charge on any atom is -0.506 e. The first-order valence-corrected chi connectivity index (χ1v) is 4.46. The summed E-state index contributed by atoms with van der Waals surface area (Å²) in [7, 11) is 1.66. The summed E-state index contributed by atoms with van der Waals surface area (Å²) >= 11 is 0. The normalized spacial score (nSPS) is 10.1. The smallest absolute Gasteiger partial charge is 0.259 e. The summed E-state index contributed by atoms with van der Waals surface area (Å²) in [4.78, 5) is 19.2. The lowest BCUT2D eigenvalue weighted by atomic mass is 10.2. The van der Waals surface area contributed by atoms with E-state index in [-0.39, 0.29) is 11.3 Å². The molecule has 1 amide bonds. The molecule has 2 rings (SSSR count). The SMILES string of the molecule is Cn1ncnc1NC(=O)c1cncc(O)c1. The molecule has 0 spiro atoms. The fraction of sp³-hybridized carbons (Fsp3) is 0.111. The number of rotatable bonds is 2. The molecule has 0 radical (unpaired) electrons. The van der Waals surface area contributed by atoms with Crippen molar-refractivity contribution in [2.75, 3.05) is 5.32 Å². The molecule has 16 heavy (non-hydrogen) atoms. The first kappa shape index (κ1) is 10.1. The van der Waals surface area contributed by atoms with E-state index in [1.165, 1.54) is 29.5 Å². The highest BCUT2D eigenvalue weighted by molar-refractivity contribution is 6.03. The molecule has 0 aliphatic carbocycles. The van der Waals surface area contributed by atoms with E-state index in [0.29, 0.717) is 5.95 Å². The van der Waals surface area contributed by atoms with Gasteiger partial charge in [-0.25, -0.2) is 4.68 Å². The van der Waals surface area contributed by atoms with Crippen molar-refractivity contribution in [2.24, 2.45) is 7.05 Å². The van der Waals surface area contributed by atoms with Gasteiger partial charge in [-0.05, 0) is 6.07 Å². The third kappa shape index (κ3) is 1.97. The highest BCUT2D eigenvalue weighted by Gasteiger charge is 2.09. The molecule has 2 aromatic heterocycles. The van der Waals surface area contributed by atoms with Gasteiger partial charge < -0.3 is 5.11 Å². The van der Waals surface area contributed by atoms with Crippen molar-refractivity contribution in [2.45, 2.75) is 0 Å². The molecule has 0 unspecified atom stereocenters. The zero-order valence-electron chi connectivity index (χ0n) is 8.45. The summed E-state index contributed by atoms with van der Waals surface area (Å²) in [6, 6.07) is 1.32. The number of anilines is 1. The summed E-state index contributed by atoms with van der Waals surface area (Å²) in [5, 5.41) is 15.5. The molecule has 0 aliphatic rings. The molecule has 2 heterocycles. The molecular formula is C9H9N5O2. The van der Waals surface area contributed by atoms with E-state index >= 15 is 0 Å². The maximum Gasteiger partial charge on any atom is 0.259 e. The number of nitrogens with zero attached hydrogens (tertiary/aromatic N) is 4. The highest BCUT2D eigenvalue weighted by Crippen LogP contribution is 2.10. The van der Waals surface area contributed by atoms with Crippen molar-refractivity contribution < 1.29 is 9.90 Å². The Bertz CT molecular complexity index is 522. The van der Waals surface area contributed by atoms with E-state index < -0.39 is 5.91 Å². The Morgan fingerprint density at radius 3 is 2.94 bits per heavy atom. The van der Waals surface area contributed by atoms with Gasteiger partial charge in [0.05, 0.1) is 11.8 Å². The lowest BCUT2D eigenvalue weighted by Gasteiger charge is -2.03. The number of aromatic nitrogens is 4. The van der Waals surface area contributed by atoms with Gasteiger partial charge in [0, 0.05) is 13.2 Å². The molecule has 0 aromatic carbocycles. The van der Waals surface area contributed by atoms with Crippen LogP contribution in [0.15, 0.2) is 24.8 Å². The lowest BCUT2D eigenvalue weighted by molar-refractivity contribution is 0.102. The first-order chi connectivity index (χ1) is 7.66. The Kier molecular flexibility index (Phi) is 2.50. The van der Waals surface area contributed by atoms with Gasteiger partial charge in [-0.1, -0.05) is 0 Å². The van der Waals surface area contributed by atoms with Crippen molar-refractivity contribution in [1.82, 2.24) is 19.7 Å². The summed E-state index contributed by atoms with van der Waals surface area (Å²) in [6.07, 6.45) is 3.93. The van der Waals surface area contributed by atoms with Gasteiger partial charge in [-0.15, -0.1) is 0 Å². The van der Waals surface area contributed by atoms with E-state index in [9.17, 15) is 4.79 Å². The average Bonchev–Trinajstić information content (AvgIpc) is 2.64. The van der Waals surface area contributed by atoms with Crippen molar-refractivity contribution in [3.05, 3.63) is 30.4 Å². The molecule has 2 N–H and O–H groups in total. The zero-order chi connectivity index (χ0) is 11.5. The second-order valence-corrected chi connectivity index (χ2v) is 3.09.